The molecule has 1 fully saturated rings. The van der Waals surface area contributed by atoms with E-state index in [4.69, 9.17) is 0 Å². The molecular weight excluding hydrogens is 318 g/mol. The summed E-state index contributed by atoms with van der Waals surface area (Å²) in [7, 11) is 0. The van der Waals surface area contributed by atoms with E-state index in [1.807, 2.05) is 28.4 Å². The minimum atomic E-state index is 0.0120. The van der Waals surface area contributed by atoms with Gasteiger partial charge < -0.3 is 10.2 Å². The molecule has 24 heavy (non-hydrogen) atoms. The molecule has 0 atom stereocenters. The van der Waals surface area contributed by atoms with Crippen LogP contribution in [0.25, 0.3) is 0 Å². The number of aryl methyl sites for hydroxylation is 2. The van der Waals surface area contributed by atoms with Crippen LogP contribution in [0.15, 0.2) is 35.7 Å². The predicted octanol–water partition coefficient (Wildman–Crippen LogP) is 3.76. The van der Waals surface area contributed by atoms with E-state index in [1.54, 1.807) is 0 Å². The Morgan fingerprint density at radius 1 is 1.12 bits per heavy atom. The van der Waals surface area contributed by atoms with E-state index in [0.29, 0.717) is 0 Å². The van der Waals surface area contributed by atoms with Crippen LogP contribution in [0.2, 0.25) is 0 Å². The van der Waals surface area contributed by atoms with Crippen molar-refractivity contribution >= 4 is 23.1 Å². The van der Waals surface area contributed by atoms with E-state index in [2.05, 4.69) is 47.6 Å². The zero-order chi connectivity index (χ0) is 16.9. The molecule has 2 aromatic rings. The molecule has 1 aromatic heterocycles. The van der Waals surface area contributed by atoms with E-state index in [-0.39, 0.29) is 6.03 Å². The second-order valence-corrected chi connectivity index (χ2v) is 7.50. The lowest BCUT2D eigenvalue weighted by Gasteiger charge is -2.34. The van der Waals surface area contributed by atoms with Crippen LogP contribution >= 0.6 is 11.3 Å². The number of piperazine rings is 1. The average molecular weight is 343 g/mol. The number of anilines is 1. The number of benzene rings is 1. The number of carbonyl (C=O) groups excluding carboxylic acids is 1. The van der Waals surface area contributed by atoms with Crippen molar-refractivity contribution in [3.8, 4) is 0 Å². The fraction of sp³-hybridized carbons (Fsp3) is 0.421. The molecule has 2 heterocycles. The van der Waals surface area contributed by atoms with E-state index in [1.165, 1.54) is 16.0 Å². The van der Waals surface area contributed by atoms with Gasteiger partial charge in [-0.25, -0.2) is 4.79 Å². The van der Waals surface area contributed by atoms with Gasteiger partial charge in [-0.15, -0.1) is 11.3 Å². The maximum absolute atomic E-state index is 12.4. The number of thiophene rings is 1. The molecule has 5 heteroatoms. The van der Waals surface area contributed by atoms with Crippen molar-refractivity contribution in [1.29, 1.82) is 0 Å². The van der Waals surface area contributed by atoms with Crippen LogP contribution < -0.4 is 5.32 Å². The number of hydrogen-bond donors (Lipinski definition) is 1. The third-order valence-corrected chi connectivity index (χ3v) is 5.32. The number of urea groups is 1. The van der Waals surface area contributed by atoms with Crippen LogP contribution in [0.1, 0.15) is 16.0 Å². The second-order valence-electron chi connectivity index (χ2n) is 6.46. The molecule has 3 rings (SSSR count). The van der Waals surface area contributed by atoms with Crippen LogP contribution in [0.3, 0.4) is 0 Å². The molecule has 1 saturated heterocycles. The highest BCUT2D eigenvalue weighted by atomic mass is 32.1. The topological polar surface area (TPSA) is 35.6 Å². The zero-order valence-corrected chi connectivity index (χ0v) is 15.2. The third kappa shape index (κ3) is 4.58. The van der Waals surface area contributed by atoms with E-state index in [9.17, 15) is 4.79 Å². The standard InChI is InChI=1S/C19H25N3OS/c1-15-12-16(2)14-17(13-15)20-19(23)22-9-7-21(8-10-22)6-5-18-4-3-11-24-18/h3-4,11-14H,5-10H2,1-2H3,(H,20,23). The molecule has 1 aromatic carbocycles. The van der Waals surface area contributed by atoms with Gasteiger partial charge in [-0.1, -0.05) is 12.1 Å². The smallest absolute Gasteiger partial charge is 0.321 e. The lowest BCUT2D eigenvalue weighted by atomic mass is 10.1. The maximum atomic E-state index is 12.4. The third-order valence-electron chi connectivity index (χ3n) is 4.39. The Hall–Kier alpha value is -1.85. The molecular formula is C19H25N3OS. The minimum Gasteiger partial charge on any atom is -0.322 e. The summed E-state index contributed by atoms with van der Waals surface area (Å²) in [6.07, 6.45) is 1.10. The van der Waals surface area contributed by atoms with Crippen LogP contribution in [0, 0.1) is 13.8 Å². The number of carbonyl (C=O) groups is 1. The molecule has 4 nitrogen and oxygen atoms in total. The molecule has 0 saturated carbocycles. The van der Waals surface area contributed by atoms with Crippen LogP contribution in [-0.2, 0) is 6.42 Å². The summed E-state index contributed by atoms with van der Waals surface area (Å²) in [5.74, 6) is 0. The predicted molar refractivity (Wildman–Crippen MR) is 101 cm³/mol. The molecule has 2 amide bonds. The molecule has 0 bridgehead atoms. The van der Waals surface area contributed by atoms with Crippen LogP contribution in [0.4, 0.5) is 10.5 Å². The van der Waals surface area contributed by atoms with Gasteiger partial charge in [0.05, 0.1) is 0 Å². The summed E-state index contributed by atoms with van der Waals surface area (Å²) in [4.78, 5) is 18.2. The molecule has 0 radical (unpaired) electrons. The van der Waals surface area contributed by atoms with Gasteiger partial charge in [0, 0.05) is 43.3 Å². The molecule has 1 aliphatic rings. The Morgan fingerprint density at radius 3 is 2.46 bits per heavy atom. The molecule has 1 aliphatic heterocycles. The van der Waals surface area contributed by atoms with Crippen LogP contribution in [0.5, 0.6) is 0 Å². The van der Waals surface area contributed by atoms with E-state index in [0.717, 1.165) is 44.8 Å². The van der Waals surface area contributed by atoms with E-state index < -0.39 is 0 Å². The van der Waals surface area contributed by atoms with Gasteiger partial charge in [0.2, 0.25) is 0 Å². The number of hydrogen-bond acceptors (Lipinski definition) is 3. The molecule has 0 unspecified atom stereocenters. The first kappa shape index (κ1) is 17.0. The van der Waals surface area contributed by atoms with Gasteiger partial charge >= 0.3 is 6.03 Å². The Balaban J connectivity index is 1.46. The second kappa shape index (κ2) is 7.81. The van der Waals surface area contributed by atoms with Gasteiger partial charge in [0.1, 0.15) is 0 Å². The maximum Gasteiger partial charge on any atom is 0.321 e. The molecule has 1 N–H and O–H groups in total. The monoisotopic (exact) mass is 343 g/mol. The first-order valence-corrected chi connectivity index (χ1v) is 9.37. The van der Waals surface area contributed by atoms with Crippen molar-refractivity contribution in [2.75, 3.05) is 38.0 Å². The lowest BCUT2D eigenvalue weighted by molar-refractivity contribution is 0.148. The van der Waals surface area contributed by atoms with Crippen molar-refractivity contribution in [1.82, 2.24) is 9.80 Å². The number of nitrogens with zero attached hydrogens (tertiary/aromatic N) is 2. The summed E-state index contributed by atoms with van der Waals surface area (Å²) < 4.78 is 0. The highest BCUT2D eigenvalue weighted by molar-refractivity contribution is 7.09. The van der Waals surface area contributed by atoms with Crippen LogP contribution in [-0.4, -0.2) is 48.6 Å². The normalized spacial score (nSPS) is 15.5. The van der Waals surface area contributed by atoms with Gasteiger partial charge in [-0.3, -0.25) is 4.90 Å². The lowest BCUT2D eigenvalue weighted by Crippen LogP contribution is -2.50. The number of amides is 2. The first-order chi connectivity index (χ1) is 11.6. The SMILES string of the molecule is Cc1cc(C)cc(NC(=O)N2CCN(CCc3cccs3)CC2)c1. The summed E-state index contributed by atoms with van der Waals surface area (Å²) in [5, 5.41) is 5.16. The molecule has 128 valence electrons. The Morgan fingerprint density at radius 2 is 1.83 bits per heavy atom. The zero-order valence-electron chi connectivity index (χ0n) is 14.4. The molecule has 0 spiro atoms. The number of nitrogens with one attached hydrogen (secondary N) is 1. The number of rotatable bonds is 4. The average Bonchev–Trinajstić information content (AvgIpc) is 3.06. The first-order valence-electron chi connectivity index (χ1n) is 8.49. The van der Waals surface area contributed by atoms with Crippen molar-refractivity contribution in [2.45, 2.75) is 20.3 Å². The summed E-state index contributed by atoms with van der Waals surface area (Å²) in [6, 6.07) is 10.5. The summed E-state index contributed by atoms with van der Waals surface area (Å²) >= 11 is 1.82. The fourth-order valence-electron chi connectivity index (χ4n) is 3.15. The summed E-state index contributed by atoms with van der Waals surface area (Å²) in [6.45, 7) is 8.66. The van der Waals surface area contributed by atoms with Crippen molar-refractivity contribution in [3.63, 3.8) is 0 Å². The highest BCUT2D eigenvalue weighted by Crippen LogP contribution is 2.15. The highest BCUT2D eigenvalue weighted by Gasteiger charge is 2.21. The Labute approximate surface area is 148 Å². The van der Waals surface area contributed by atoms with Crippen molar-refractivity contribution in [3.05, 3.63) is 51.7 Å². The van der Waals surface area contributed by atoms with Gasteiger partial charge in [-0.05, 0) is 55.0 Å². The summed E-state index contributed by atoms with van der Waals surface area (Å²) in [5.41, 5.74) is 3.23. The molecule has 0 aliphatic carbocycles. The van der Waals surface area contributed by atoms with Gasteiger partial charge in [0.25, 0.3) is 0 Å². The van der Waals surface area contributed by atoms with Crippen molar-refractivity contribution in [2.24, 2.45) is 0 Å². The van der Waals surface area contributed by atoms with Crippen molar-refractivity contribution < 1.29 is 4.79 Å². The quantitative estimate of drug-likeness (QED) is 0.917. The Bertz CT molecular complexity index is 656. The van der Waals surface area contributed by atoms with E-state index >= 15 is 0 Å². The van der Waals surface area contributed by atoms with Gasteiger partial charge in [-0.2, -0.15) is 0 Å². The van der Waals surface area contributed by atoms with Gasteiger partial charge in [0.15, 0.2) is 0 Å². The minimum absolute atomic E-state index is 0.0120. The fourth-order valence-corrected chi connectivity index (χ4v) is 3.85. The Kier molecular flexibility index (Phi) is 5.53. The largest absolute Gasteiger partial charge is 0.322 e.